The normalized spacial score (nSPS) is 13.2. The zero-order valence-electron chi connectivity index (χ0n) is 12.6. The van der Waals surface area contributed by atoms with Gasteiger partial charge in [0.1, 0.15) is 5.82 Å². The summed E-state index contributed by atoms with van der Waals surface area (Å²) in [5.41, 5.74) is 1.04. The van der Waals surface area contributed by atoms with Crippen LogP contribution in [0.5, 0.6) is 0 Å². The van der Waals surface area contributed by atoms with Gasteiger partial charge in [-0.05, 0) is 51.1 Å². The van der Waals surface area contributed by atoms with E-state index in [0.29, 0.717) is 6.04 Å². The summed E-state index contributed by atoms with van der Waals surface area (Å²) in [5.74, 6) is -0.156. The fourth-order valence-electron chi connectivity index (χ4n) is 2.43. The molecule has 0 amide bonds. The summed E-state index contributed by atoms with van der Waals surface area (Å²) in [4.78, 5) is 2.43. The van der Waals surface area contributed by atoms with Gasteiger partial charge in [0.2, 0.25) is 0 Å². The van der Waals surface area contributed by atoms with Crippen LogP contribution in [0.15, 0.2) is 24.3 Å². The third kappa shape index (κ3) is 5.29. The van der Waals surface area contributed by atoms with Crippen LogP contribution >= 0.6 is 0 Å². The standard InChI is InChI=1S/C16H27FN2/c1-5-18-16(10-11-19(6-2)13(3)4)14-8-7-9-15(17)12-14/h7-9,12-13,16,18H,5-6,10-11H2,1-4H3. The van der Waals surface area contributed by atoms with Crippen molar-refractivity contribution in [1.29, 1.82) is 0 Å². The van der Waals surface area contributed by atoms with Crippen molar-refractivity contribution in [2.45, 2.75) is 46.2 Å². The highest BCUT2D eigenvalue weighted by Crippen LogP contribution is 2.18. The van der Waals surface area contributed by atoms with Crippen LogP contribution in [0.2, 0.25) is 0 Å². The average Bonchev–Trinajstić information content (AvgIpc) is 2.37. The third-order valence-corrected chi connectivity index (χ3v) is 3.54. The Hall–Kier alpha value is -0.930. The summed E-state index contributed by atoms with van der Waals surface area (Å²) >= 11 is 0. The molecule has 0 saturated heterocycles. The summed E-state index contributed by atoms with van der Waals surface area (Å²) in [5, 5.41) is 3.45. The van der Waals surface area contributed by atoms with Crippen molar-refractivity contribution in [3.63, 3.8) is 0 Å². The summed E-state index contributed by atoms with van der Waals surface area (Å²) in [6.45, 7) is 11.7. The highest BCUT2D eigenvalue weighted by molar-refractivity contribution is 5.20. The predicted octanol–water partition coefficient (Wildman–Crippen LogP) is 3.60. The number of nitrogens with zero attached hydrogens (tertiary/aromatic N) is 1. The lowest BCUT2D eigenvalue weighted by Crippen LogP contribution is -2.34. The van der Waals surface area contributed by atoms with Crippen LogP contribution in [0.4, 0.5) is 4.39 Å². The average molecular weight is 266 g/mol. The van der Waals surface area contributed by atoms with E-state index in [4.69, 9.17) is 0 Å². The number of halogens is 1. The van der Waals surface area contributed by atoms with Gasteiger partial charge in [0, 0.05) is 18.6 Å². The van der Waals surface area contributed by atoms with E-state index in [2.05, 4.69) is 37.9 Å². The Morgan fingerprint density at radius 2 is 2.00 bits per heavy atom. The molecule has 0 aliphatic heterocycles. The summed E-state index contributed by atoms with van der Waals surface area (Å²) < 4.78 is 13.3. The fraction of sp³-hybridized carbons (Fsp3) is 0.625. The highest BCUT2D eigenvalue weighted by atomic mass is 19.1. The number of hydrogen-bond donors (Lipinski definition) is 1. The third-order valence-electron chi connectivity index (χ3n) is 3.54. The molecule has 1 aromatic rings. The second kappa shape index (κ2) is 8.28. The molecule has 1 atom stereocenters. The van der Waals surface area contributed by atoms with Gasteiger partial charge in [0.05, 0.1) is 0 Å². The Morgan fingerprint density at radius 1 is 1.26 bits per heavy atom. The Kier molecular flexibility index (Phi) is 7.03. The number of benzene rings is 1. The molecule has 0 fully saturated rings. The van der Waals surface area contributed by atoms with Gasteiger partial charge < -0.3 is 10.2 Å². The maximum absolute atomic E-state index is 13.3. The van der Waals surface area contributed by atoms with Crippen molar-refractivity contribution in [3.05, 3.63) is 35.6 Å². The van der Waals surface area contributed by atoms with Crippen molar-refractivity contribution in [1.82, 2.24) is 10.2 Å². The summed E-state index contributed by atoms with van der Waals surface area (Å²) in [6, 6.07) is 7.71. The largest absolute Gasteiger partial charge is 0.310 e. The fourth-order valence-corrected chi connectivity index (χ4v) is 2.43. The molecule has 108 valence electrons. The minimum absolute atomic E-state index is 0.156. The first-order valence-corrected chi connectivity index (χ1v) is 7.31. The first-order valence-electron chi connectivity index (χ1n) is 7.31. The van der Waals surface area contributed by atoms with E-state index in [1.54, 1.807) is 12.1 Å². The van der Waals surface area contributed by atoms with Crippen molar-refractivity contribution < 1.29 is 4.39 Å². The second-order valence-corrected chi connectivity index (χ2v) is 5.18. The van der Waals surface area contributed by atoms with Crippen molar-refractivity contribution >= 4 is 0 Å². The van der Waals surface area contributed by atoms with E-state index >= 15 is 0 Å². The van der Waals surface area contributed by atoms with Crippen LogP contribution in [0, 0.1) is 5.82 Å². The lowest BCUT2D eigenvalue weighted by molar-refractivity contribution is 0.220. The van der Waals surface area contributed by atoms with E-state index < -0.39 is 0 Å². The molecular formula is C16H27FN2. The van der Waals surface area contributed by atoms with Crippen molar-refractivity contribution in [2.75, 3.05) is 19.6 Å². The van der Waals surface area contributed by atoms with E-state index in [1.165, 1.54) is 6.07 Å². The van der Waals surface area contributed by atoms with Crippen LogP contribution < -0.4 is 5.32 Å². The van der Waals surface area contributed by atoms with Crippen LogP contribution in [0.1, 0.15) is 45.7 Å². The molecule has 19 heavy (non-hydrogen) atoms. The number of rotatable bonds is 8. The maximum Gasteiger partial charge on any atom is 0.123 e. The molecule has 0 radical (unpaired) electrons. The van der Waals surface area contributed by atoms with Gasteiger partial charge in [-0.15, -0.1) is 0 Å². The highest BCUT2D eigenvalue weighted by Gasteiger charge is 2.14. The Bertz CT molecular complexity index is 366. The molecule has 3 heteroatoms. The summed E-state index contributed by atoms with van der Waals surface area (Å²) in [6.07, 6.45) is 1.00. The van der Waals surface area contributed by atoms with Gasteiger partial charge >= 0.3 is 0 Å². The van der Waals surface area contributed by atoms with Crippen LogP contribution in [0.3, 0.4) is 0 Å². The van der Waals surface area contributed by atoms with E-state index in [1.807, 2.05) is 6.07 Å². The lowest BCUT2D eigenvalue weighted by Gasteiger charge is -2.27. The molecule has 0 heterocycles. The van der Waals surface area contributed by atoms with Gasteiger partial charge in [-0.25, -0.2) is 4.39 Å². The zero-order valence-corrected chi connectivity index (χ0v) is 12.6. The van der Waals surface area contributed by atoms with Gasteiger partial charge in [-0.3, -0.25) is 0 Å². The van der Waals surface area contributed by atoms with Crippen LogP contribution in [0.25, 0.3) is 0 Å². The molecule has 1 unspecified atom stereocenters. The monoisotopic (exact) mass is 266 g/mol. The molecule has 0 aliphatic carbocycles. The molecular weight excluding hydrogens is 239 g/mol. The summed E-state index contributed by atoms with van der Waals surface area (Å²) in [7, 11) is 0. The van der Waals surface area contributed by atoms with E-state index in [9.17, 15) is 4.39 Å². The molecule has 1 aromatic carbocycles. The minimum Gasteiger partial charge on any atom is -0.310 e. The van der Waals surface area contributed by atoms with Gasteiger partial charge in [0.15, 0.2) is 0 Å². The molecule has 1 N–H and O–H groups in total. The first kappa shape index (κ1) is 16.1. The first-order chi connectivity index (χ1) is 9.08. The molecule has 0 aliphatic rings. The topological polar surface area (TPSA) is 15.3 Å². The van der Waals surface area contributed by atoms with Crippen molar-refractivity contribution in [3.8, 4) is 0 Å². The van der Waals surface area contributed by atoms with Gasteiger partial charge in [0.25, 0.3) is 0 Å². The minimum atomic E-state index is -0.156. The van der Waals surface area contributed by atoms with Crippen LogP contribution in [-0.4, -0.2) is 30.6 Å². The predicted molar refractivity (Wildman–Crippen MR) is 79.8 cm³/mol. The number of hydrogen-bond acceptors (Lipinski definition) is 2. The Balaban J connectivity index is 2.67. The number of nitrogens with one attached hydrogen (secondary N) is 1. The molecule has 1 rings (SSSR count). The van der Waals surface area contributed by atoms with Gasteiger partial charge in [-0.2, -0.15) is 0 Å². The lowest BCUT2D eigenvalue weighted by atomic mass is 10.0. The maximum atomic E-state index is 13.3. The molecule has 0 bridgehead atoms. The zero-order chi connectivity index (χ0) is 14.3. The second-order valence-electron chi connectivity index (χ2n) is 5.18. The quantitative estimate of drug-likeness (QED) is 0.773. The molecule has 0 saturated carbocycles. The van der Waals surface area contributed by atoms with E-state index in [0.717, 1.165) is 31.6 Å². The smallest absolute Gasteiger partial charge is 0.123 e. The van der Waals surface area contributed by atoms with Crippen molar-refractivity contribution in [2.24, 2.45) is 0 Å². The van der Waals surface area contributed by atoms with Crippen LogP contribution in [-0.2, 0) is 0 Å². The van der Waals surface area contributed by atoms with Gasteiger partial charge in [-0.1, -0.05) is 26.0 Å². The SMILES string of the molecule is CCNC(CCN(CC)C(C)C)c1cccc(F)c1. The Labute approximate surface area is 117 Å². The molecule has 2 nitrogen and oxygen atoms in total. The Morgan fingerprint density at radius 3 is 2.53 bits per heavy atom. The molecule has 0 spiro atoms. The van der Waals surface area contributed by atoms with E-state index in [-0.39, 0.29) is 11.9 Å². The molecule has 0 aromatic heterocycles.